The summed E-state index contributed by atoms with van der Waals surface area (Å²) in [5, 5.41) is 8.31. The van der Waals surface area contributed by atoms with Gasteiger partial charge in [0, 0.05) is 25.4 Å². The van der Waals surface area contributed by atoms with Crippen molar-refractivity contribution in [3.8, 4) is 11.4 Å². The third kappa shape index (κ3) is 2.31. The predicted octanol–water partition coefficient (Wildman–Crippen LogP) is 3.56. The van der Waals surface area contributed by atoms with Crippen molar-refractivity contribution in [2.45, 2.75) is 26.3 Å². The molecule has 0 aliphatic rings. The molecule has 0 spiro atoms. The second-order valence-electron chi connectivity index (χ2n) is 4.28. The normalized spacial score (nSPS) is 11.8. The summed E-state index contributed by atoms with van der Waals surface area (Å²) in [5.74, 6) is 0. The fraction of sp³-hybridized carbons (Fsp3) is 0.455. The van der Waals surface area contributed by atoms with Gasteiger partial charge in [-0.05, 0) is 29.8 Å². The molecule has 2 rings (SSSR count). The van der Waals surface area contributed by atoms with Crippen molar-refractivity contribution in [2.75, 3.05) is 0 Å². The average molecular weight is 319 g/mol. The molecule has 7 heteroatoms. The SMILES string of the molecule is CC(C)n1cc(C(F)F)c(-c2cc(Br)nn2C)n1. The third-order valence-electron chi connectivity index (χ3n) is 2.62. The largest absolute Gasteiger partial charge is 0.269 e. The van der Waals surface area contributed by atoms with Crippen LogP contribution in [0, 0.1) is 0 Å². The van der Waals surface area contributed by atoms with Crippen LogP contribution >= 0.6 is 15.9 Å². The summed E-state index contributed by atoms with van der Waals surface area (Å²) in [6.07, 6.45) is -1.16. The molecule has 2 aromatic heterocycles. The Morgan fingerprint density at radius 1 is 1.28 bits per heavy atom. The van der Waals surface area contributed by atoms with Gasteiger partial charge in [-0.2, -0.15) is 10.2 Å². The number of rotatable bonds is 3. The molecule has 0 aliphatic heterocycles. The van der Waals surface area contributed by atoms with E-state index in [0.717, 1.165) is 0 Å². The van der Waals surface area contributed by atoms with Crippen LogP contribution in [0.1, 0.15) is 31.9 Å². The van der Waals surface area contributed by atoms with Crippen molar-refractivity contribution >= 4 is 15.9 Å². The highest BCUT2D eigenvalue weighted by atomic mass is 79.9. The Morgan fingerprint density at radius 2 is 1.94 bits per heavy atom. The molecule has 0 aromatic carbocycles. The molecule has 0 unspecified atom stereocenters. The zero-order chi connectivity index (χ0) is 13.4. The molecule has 4 nitrogen and oxygen atoms in total. The Bertz CT molecular complexity index is 559. The minimum absolute atomic E-state index is 0.0351. The van der Waals surface area contributed by atoms with Crippen LogP contribution < -0.4 is 0 Å². The second-order valence-corrected chi connectivity index (χ2v) is 5.10. The van der Waals surface area contributed by atoms with Gasteiger partial charge in [0.25, 0.3) is 6.43 Å². The summed E-state index contributed by atoms with van der Waals surface area (Å²) in [6, 6.07) is 1.71. The molecule has 0 atom stereocenters. The number of hydrogen-bond acceptors (Lipinski definition) is 2. The van der Waals surface area contributed by atoms with Crippen LogP contribution in [0.5, 0.6) is 0 Å². The van der Waals surface area contributed by atoms with Crippen molar-refractivity contribution in [1.29, 1.82) is 0 Å². The van der Waals surface area contributed by atoms with Gasteiger partial charge in [0.15, 0.2) is 0 Å². The zero-order valence-electron chi connectivity index (χ0n) is 10.2. The van der Waals surface area contributed by atoms with E-state index < -0.39 is 6.43 Å². The van der Waals surface area contributed by atoms with Crippen LogP contribution in [0.2, 0.25) is 0 Å². The fourth-order valence-corrected chi connectivity index (χ4v) is 2.14. The Labute approximate surface area is 112 Å². The Morgan fingerprint density at radius 3 is 2.39 bits per heavy atom. The summed E-state index contributed by atoms with van der Waals surface area (Å²) in [6.45, 7) is 3.79. The third-order valence-corrected chi connectivity index (χ3v) is 3.00. The first-order valence-electron chi connectivity index (χ1n) is 5.47. The van der Waals surface area contributed by atoms with E-state index in [1.54, 1.807) is 13.1 Å². The smallest absolute Gasteiger partial charge is 0.267 e. The first-order chi connectivity index (χ1) is 8.40. The van der Waals surface area contributed by atoms with Crippen LogP contribution in [0.3, 0.4) is 0 Å². The lowest BCUT2D eigenvalue weighted by atomic mass is 10.2. The molecule has 0 saturated heterocycles. The van der Waals surface area contributed by atoms with Crippen LogP contribution in [0.15, 0.2) is 16.9 Å². The molecule has 0 fully saturated rings. The predicted molar refractivity (Wildman–Crippen MR) is 67.5 cm³/mol. The Balaban J connectivity index is 2.58. The minimum Gasteiger partial charge on any atom is -0.269 e. The molecule has 0 radical (unpaired) electrons. The lowest BCUT2D eigenvalue weighted by Gasteiger charge is -2.03. The van der Waals surface area contributed by atoms with Crippen molar-refractivity contribution in [1.82, 2.24) is 19.6 Å². The molecule has 0 amide bonds. The van der Waals surface area contributed by atoms with E-state index in [-0.39, 0.29) is 17.3 Å². The maximum absolute atomic E-state index is 13.0. The van der Waals surface area contributed by atoms with Gasteiger partial charge in [-0.25, -0.2) is 8.78 Å². The number of halogens is 3. The molecular formula is C11H13BrF2N4. The van der Waals surface area contributed by atoms with Crippen LogP contribution in [0.25, 0.3) is 11.4 Å². The summed E-state index contributed by atoms with van der Waals surface area (Å²) >= 11 is 3.22. The van der Waals surface area contributed by atoms with E-state index in [0.29, 0.717) is 10.3 Å². The molecule has 0 aliphatic carbocycles. The number of hydrogen-bond donors (Lipinski definition) is 0. The quantitative estimate of drug-likeness (QED) is 0.867. The molecular weight excluding hydrogens is 306 g/mol. The molecule has 98 valence electrons. The first kappa shape index (κ1) is 13.2. The minimum atomic E-state index is -2.55. The molecule has 2 heterocycles. The van der Waals surface area contributed by atoms with E-state index >= 15 is 0 Å². The molecule has 2 aromatic rings. The average Bonchev–Trinajstić information content (AvgIpc) is 2.81. The van der Waals surface area contributed by atoms with E-state index in [9.17, 15) is 8.78 Å². The monoisotopic (exact) mass is 318 g/mol. The fourth-order valence-electron chi connectivity index (χ4n) is 1.68. The zero-order valence-corrected chi connectivity index (χ0v) is 11.8. The molecule has 0 N–H and O–H groups in total. The van der Waals surface area contributed by atoms with Crippen LogP contribution in [-0.4, -0.2) is 19.6 Å². The first-order valence-corrected chi connectivity index (χ1v) is 6.26. The molecule has 18 heavy (non-hydrogen) atoms. The van der Waals surface area contributed by atoms with Gasteiger partial charge >= 0.3 is 0 Å². The highest BCUT2D eigenvalue weighted by Gasteiger charge is 2.22. The Kier molecular flexibility index (Phi) is 3.52. The van der Waals surface area contributed by atoms with Crippen molar-refractivity contribution in [3.63, 3.8) is 0 Å². The number of aryl methyl sites for hydroxylation is 1. The molecule has 0 saturated carbocycles. The highest BCUT2D eigenvalue weighted by Crippen LogP contribution is 2.31. The van der Waals surface area contributed by atoms with Gasteiger partial charge in [-0.15, -0.1) is 0 Å². The maximum Gasteiger partial charge on any atom is 0.267 e. The number of nitrogens with zero attached hydrogens (tertiary/aromatic N) is 4. The topological polar surface area (TPSA) is 35.6 Å². The van der Waals surface area contributed by atoms with Crippen LogP contribution in [-0.2, 0) is 7.05 Å². The van der Waals surface area contributed by atoms with Gasteiger partial charge in [-0.1, -0.05) is 0 Å². The summed E-state index contributed by atoms with van der Waals surface area (Å²) in [5.41, 5.74) is 0.773. The van der Waals surface area contributed by atoms with E-state index in [2.05, 4.69) is 26.1 Å². The van der Waals surface area contributed by atoms with Crippen molar-refractivity contribution in [2.24, 2.45) is 7.05 Å². The lowest BCUT2D eigenvalue weighted by molar-refractivity contribution is 0.152. The summed E-state index contributed by atoms with van der Waals surface area (Å²) < 4.78 is 29.7. The van der Waals surface area contributed by atoms with Gasteiger partial charge in [0.2, 0.25) is 0 Å². The maximum atomic E-state index is 13.0. The van der Waals surface area contributed by atoms with E-state index in [4.69, 9.17) is 0 Å². The van der Waals surface area contributed by atoms with Crippen molar-refractivity contribution < 1.29 is 8.78 Å². The lowest BCUT2D eigenvalue weighted by Crippen LogP contribution is -2.01. The highest BCUT2D eigenvalue weighted by molar-refractivity contribution is 9.10. The van der Waals surface area contributed by atoms with E-state index in [1.165, 1.54) is 15.6 Å². The number of alkyl halides is 2. The van der Waals surface area contributed by atoms with Gasteiger partial charge in [-0.3, -0.25) is 9.36 Å². The van der Waals surface area contributed by atoms with Gasteiger partial charge < -0.3 is 0 Å². The summed E-state index contributed by atoms with van der Waals surface area (Å²) in [7, 11) is 1.70. The van der Waals surface area contributed by atoms with Gasteiger partial charge in [0.1, 0.15) is 10.3 Å². The van der Waals surface area contributed by atoms with Crippen LogP contribution in [0.4, 0.5) is 8.78 Å². The summed E-state index contributed by atoms with van der Waals surface area (Å²) in [4.78, 5) is 0. The van der Waals surface area contributed by atoms with Gasteiger partial charge in [0.05, 0.1) is 11.3 Å². The van der Waals surface area contributed by atoms with E-state index in [1.807, 2.05) is 13.8 Å². The Hall–Kier alpha value is -1.24. The molecule has 0 bridgehead atoms. The van der Waals surface area contributed by atoms with Crippen molar-refractivity contribution in [3.05, 3.63) is 22.4 Å². The number of aromatic nitrogens is 4. The second kappa shape index (κ2) is 4.79. The standard InChI is InChI=1S/C11H13BrF2N4/c1-6(2)18-5-7(11(13)14)10(16-18)8-4-9(12)15-17(8)3/h4-6,11H,1-3H3.